The Balaban J connectivity index is 0.000000163. The maximum Gasteiger partial charge on any atom is 0.326 e. The number of benzene rings is 6. The first-order valence-electron chi connectivity index (χ1n) is 41.3. The van der Waals surface area contributed by atoms with Crippen molar-refractivity contribution in [2.45, 2.75) is 168 Å². The summed E-state index contributed by atoms with van der Waals surface area (Å²) in [6.07, 6.45) is 3.82. The Hall–Kier alpha value is -8.58. The molecule has 124 heavy (non-hydrogen) atoms. The second-order valence-electron chi connectivity index (χ2n) is 32.6. The largest absolute Gasteiger partial charge is 0.480 e. The molecule has 5 amide bonds. The predicted molar refractivity (Wildman–Crippen MR) is 492 cm³/mol. The van der Waals surface area contributed by atoms with Gasteiger partial charge >= 0.3 is 17.9 Å². The fraction of sp³-hybridized carbons (Fsp3) is 0.418. The smallest absolute Gasteiger partial charge is 0.326 e. The van der Waals surface area contributed by atoms with Gasteiger partial charge in [0, 0.05) is 93.8 Å². The Morgan fingerprint density at radius 1 is 0.435 bits per heavy atom. The molecule has 33 heteroatoms. The number of hydrogen-bond donors (Lipinski definition) is 5. The molecule has 0 aliphatic carbocycles. The molecule has 0 radical (unpaired) electrons. The zero-order valence-corrected chi connectivity index (χ0v) is 77.7. The zero-order chi connectivity index (χ0) is 89.6. The van der Waals surface area contributed by atoms with Gasteiger partial charge in [0.1, 0.15) is 62.7 Å². The number of halogens is 6. The van der Waals surface area contributed by atoms with Crippen molar-refractivity contribution in [3.63, 3.8) is 0 Å². The minimum atomic E-state index is -0.956. The number of carboxylic acids is 1. The first-order valence-corrected chi connectivity index (χ1v) is 46.0. The lowest BCUT2D eigenvalue weighted by Gasteiger charge is -2.37. The van der Waals surface area contributed by atoms with Crippen molar-refractivity contribution in [2.24, 2.45) is 38.5 Å². The quantitative estimate of drug-likeness (QED) is 0.0312. The molecule has 9 aliphatic heterocycles. The molecule has 9 aliphatic rings. The van der Waals surface area contributed by atoms with Gasteiger partial charge < -0.3 is 65.5 Å². The second kappa shape index (κ2) is 40.6. The van der Waals surface area contributed by atoms with Crippen molar-refractivity contribution < 1.29 is 58.0 Å². The summed E-state index contributed by atoms with van der Waals surface area (Å²) in [7, 11) is 0. The number of esters is 2. The van der Waals surface area contributed by atoms with Crippen LogP contribution in [-0.2, 0) is 64.4 Å². The van der Waals surface area contributed by atoms with Crippen LogP contribution in [0.5, 0.6) is 0 Å². The number of aliphatic carboxylic acids is 1. The first-order chi connectivity index (χ1) is 59.0. The molecular weight excluding hydrogens is 1760 g/mol. The van der Waals surface area contributed by atoms with Crippen molar-refractivity contribution in [1.29, 1.82) is 0 Å². The summed E-state index contributed by atoms with van der Waals surface area (Å²) < 4.78 is 9.35. The Bertz CT molecular complexity index is 5220. The van der Waals surface area contributed by atoms with Gasteiger partial charge in [0.15, 0.2) is 15.5 Å². The average molecular weight is 1860 g/mol. The van der Waals surface area contributed by atoms with Crippen LogP contribution in [0.25, 0.3) is 0 Å². The molecule has 3 saturated heterocycles. The summed E-state index contributed by atoms with van der Waals surface area (Å²) in [5, 5.41) is 30.5. The summed E-state index contributed by atoms with van der Waals surface area (Å²) >= 11 is 41.5. The van der Waals surface area contributed by atoms with Gasteiger partial charge in [-0.25, -0.2) is 19.8 Å². The standard InChI is InChI=1S/C31H34Cl2N4O4S.C29H32Cl2N4O3S.C27H27Cl2N3O3S.C4H9NO2/c1-18(2)25-26(29(40)36-16-5-6-24(36)28(39)34-15-17-41-19(3)38)42-30-35-31(4,21-9-13-23(33)14-10-21)27(37(25)30)20-7-11-22(32)12-8-20;1-17(2)23-24(27(38)34-15-4-5-22(34)26(37)32-14-16-36)39-28-33-29(3,19-8-12-21(31)13-9-19)25(35(23)28)18-6-10-20(30)11-7-18;1-15(2)21-22(24(33)31-14-4-5-20(31)25(34)35)36-26-30-27(3,17-8-12-19(29)13-9-17)23(32(21)26)16-6-10-18(28)11-7-16;1-4(6)7-3-2-5/h7-14,18,24,27H,5-6,15-17H2,1-4H3,(H,34,39);6-13,17,22,25,36H,4-5,14-16H2,1-3H3,(H,32,37);6-13,15,20,23H,4-5,14H2,1-3H3,(H,34,35);2-3,5H2,1H3/t24-,27+,31-;22-,25+,29-;20-,23+,27-;/m000./s1. The highest BCUT2D eigenvalue weighted by Crippen LogP contribution is 2.60. The lowest BCUT2D eigenvalue weighted by Crippen LogP contribution is -2.47. The molecule has 9 atom stereocenters. The molecule has 6 N–H and O–H groups in total. The number of amides is 5. The topological polar surface area (TPSA) is 302 Å². The Kier molecular flexibility index (Phi) is 31.0. The number of nitrogens with one attached hydrogen (secondary N) is 2. The van der Waals surface area contributed by atoms with E-state index < -0.39 is 46.7 Å². The lowest BCUT2D eigenvalue weighted by molar-refractivity contribution is -0.146. The van der Waals surface area contributed by atoms with Gasteiger partial charge in [0.2, 0.25) is 11.8 Å². The summed E-state index contributed by atoms with van der Waals surface area (Å²) in [4.78, 5) is 129. The number of hydrogen-bond acceptors (Lipinski definition) is 21. The SMILES string of the molecule is CC(=O)OCCN.CC(=O)OCCNC(=O)[C@@H]1CCCN1C(=O)C1=C(C(C)C)N2C(=N[C@@](C)(c3ccc(Cl)cc3)[C@H]2c2ccc(Cl)cc2)S1.CC(C)C1=C(C(=O)N2CCC[C@H]2C(=O)NCCO)SC2=N[C@@](C)(c3ccc(Cl)cc3)[C@@H](c3ccc(Cl)cc3)N21.CC(C)C1=C(C(=O)N2CCC[C@H]2C(=O)O)SC2=N[C@@](C)(c3ccc(Cl)cc3)[C@@H](c3ccc(Cl)cc3)N21. The van der Waals surface area contributed by atoms with E-state index in [4.69, 9.17) is 100 Å². The van der Waals surface area contributed by atoms with Crippen molar-refractivity contribution in [3.8, 4) is 0 Å². The maximum atomic E-state index is 14.2. The Morgan fingerprint density at radius 2 is 0.702 bits per heavy atom. The monoisotopic (exact) mass is 1860 g/mol. The maximum absolute atomic E-state index is 14.2. The third kappa shape index (κ3) is 20.0. The van der Waals surface area contributed by atoms with Gasteiger partial charge in [0.25, 0.3) is 17.7 Å². The molecule has 6 aromatic carbocycles. The second-order valence-corrected chi connectivity index (χ2v) is 38.2. The van der Waals surface area contributed by atoms with E-state index in [1.54, 1.807) is 9.80 Å². The molecule has 3 fully saturated rings. The van der Waals surface area contributed by atoms with Crippen LogP contribution in [0.3, 0.4) is 0 Å². The Morgan fingerprint density at radius 3 is 0.960 bits per heavy atom. The van der Waals surface area contributed by atoms with Crippen LogP contribution in [0.1, 0.15) is 166 Å². The number of aliphatic imine (C=N–C) groups is 3. The van der Waals surface area contributed by atoms with Crippen LogP contribution < -0.4 is 16.4 Å². The van der Waals surface area contributed by atoms with Gasteiger partial charge in [-0.2, -0.15) is 0 Å². The van der Waals surface area contributed by atoms with Gasteiger partial charge in [0.05, 0.1) is 31.3 Å². The minimum absolute atomic E-state index is 0.00475. The third-order valence-corrected chi connectivity index (χ3v) is 27.8. The molecule has 658 valence electrons. The molecule has 0 unspecified atom stereocenters. The number of rotatable bonds is 22. The van der Waals surface area contributed by atoms with E-state index in [0.717, 1.165) is 78.8 Å². The van der Waals surface area contributed by atoms with E-state index in [2.05, 4.69) is 92.4 Å². The van der Waals surface area contributed by atoms with Gasteiger partial charge in [-0.3, -0.25) is 33.6 Å². The van der Waals surface area contributed by atoms with Crippen molar-refractivity contribution in [2.75, 3.05) is 59.1 Å². The normalized spacial score (nSPS) is 23.5. The average Bonchev–Trinajstić information content (AvgIpc) is 1.56. The van der Waals surface area contributed by atoms with Crippen molar-refractivity contribution in [3.05, 3.63) is 241 Å². The van der Waals surface area contributed by atoms with E-state index in [-0.39, 0.29) is 97.7 Å². The number of likely N-dealkylation sites (tertiary alicyclic amines) is 3. The minimum Gasteiger partial charge on any atom is -0.480 e. The summed E-state index contributed by atoms with van der Waals surface area (Å²) in [5.74, 6) is -2.60. The number of carboxylic acid groups (broad SMARTS) is 1. The number of thioether (sulfide) groups is 3. The van der Waals surface area contributed by atoms with Crippen LogP contribution in [0, 0.1) is 17.8 Å². The Labute approximate surface area is 766 Å². The molecule has 0 aromatic heterocycles. The van der Waals surface area contributed by atoms with E-state index in [9.17, 15) is 43.5 Å². The van der Waals surface area contributed by atoms with E-state index in [1.807, 2.05) is 146 Å². The summed E-state index contributed by atoms with van der Waals surface area (Å²) in [6.45, 7) is 23.9. The molecule has 0 saturated carbocycles. The lowest BCUT2D eigenvalue weighted by atomic mass is 9.81. The van der Waals surface area contributed by atoms with Crippen molar-refractivity contribution in [1.82, 2.24) is 40.0 Å². The zero-order valence-electron chi connectivity index (χ0n) is 70.7. The number of nitrogens with two attached hydrogens (primary N) is 1. The number of aliphatic hydroxyl groups is 1. The van der Waals surface area contributed by atoms with Crippen LogP contribution in [0.2, 0.25) is 30.1 Å². The molecule has 15 rings (SSSR count). The molecule has 24 nitrogen and oxygen atoms in total. The molecular formula is C91H102Cl6N12O12S3. The molecule has 0 bridgehead atoms. The van der Waals surface area contributed by atoms with Crippen LogP contribution in [0.15, 0.2) is 192 Å². The van der Waals surface area contributed by atoms with Crippen LogP contribution in [0.4, 0.5) is 0 Å². The fourth-order valence-corrected chi connectivity index (χ4v) is 22.2. The molecule has 0 spiro atoms. The van der Waals surface area contributed by atoms with Gasteiger partial charge in [-0.15, -0.1) is 0 Å². The number of amidine groups is 3. The van der Waals surface area contributed by atoms with E-state index in [0.29, 0.717) is 103 Å². The first kappa shape index (κ1) is 94.5. The summed E-state index contributed by atoms with van der Waals surface area (Å²) in [6, 6.07) is 43.9. The highest BCUT2D eigenvalue weighted by molar-refractivity contribution is 8.18. The summed E-state index contributed by atoms with van der Waals surface area (Å²) in [5.41, 5.74) is 11.8. The highest BCUT2D eigenvalue weighted by atomic mass is 35.5. The number of aliphatic hydroxyl groups excluding tert-OH is 1. The van der Waals surface area contributed by atoms with Gasteiger partial charge in [-0.05, 0) is 219 Å². The fourth-order valence-electron chi connectivity index (χ4n) is 17.4. The number of allylic oxidation sites excluding steroid dienone is 3. The van der Waals surface area contributed by atoms with Crippen molar-refractivity contribution >= 4 is 168 Å². The van der Waals surface area contributed by atoms with Gasteiger partial charge in [-0.1, -0.05) is 184 Å². The van der Waals surface area contributed by atoms with Crippen LogP contribution in [-0.4, -0.2) is 180 Å². The van der Waals surface area contributed by atoms with E-state index in [1.165, 1.54) is 54.0 Å². The van der Waals surface area contributed by atoms with E-state index >= 15 is 0 Å². The molecule has 6 aromatic rings. The van der Waals surface area contributed by atoms with Crippen LogP contribution >= 0.6 is 105 Å². The number of carbonyl (C=O) groups is 8. The highest BCUT2D eigenvalue weighted by Gasteiger charge is 2.58. The molecule has 9 heterocycles. The third-order valence-electron chi connectivity index (χ3n) is 23.1. The predicted octanol–water partition coefficient (Wildman–Crippen LogP) is 17.1. The number of carbonyl (C=O) groups excluding carboxylic acids is 7. The number of ether oxygens (including phenoxy) is 2. The number of nitrogens with zero attached hydrogens (tertiary/aromatic N) is 9. The number of fused-ring (bicyclic) bond motifs is 3.